The van der Waals surface area contributed by atoms with E-state index in [2.05, 4.69) is 0 Å². The van der Waals surface area contributed by atoms with Crippen LogP contribution in [0.1, 0.15) is 26.2 Å². The van der Waals surface area contributed by atoms with Gasteiger partial charge in [0, 0.05) is 0 Å². The van der Waals surface area contributed by atoms with Crippen molar-refractivity contribution in [2.45, 2.75) is 32.3 Å². The van der Waals surface area contributed by atoms with Crippen LogP contribution >= 0.6 is 0 Å². The Morgan fingerprint density at radius 2 is 2.30 bits per heavy atom. The number of Topliss-reactive ketones (excluding diaryl/α,β-unsaturated/α-hetero) is 1. The van der Waals surface area contributed by atoms with E-state index in [0.29, 0.717) is 6.42 Å². The highest BCUT2D eigenvalue weighted by Gasteiger charge is 2.31. The molecule has 3 heteroatoms. The van der Waals surface area contributed by atoms with Crippen LogP contribution in [0.5, 0.6) is 0 Å². The summed E-state index contributed by atoms with van der Waals surface area (Å²) in [6.07, 6.45) is 1.09. The van der Waals surface area contributed by atoms with Gasteiger partial charge in [-0.15, -0.1) is 0 Å². The molecule has 1 saturated heterocycles. The SMILES string of the molecule is CCCC1OC(=O)CC1=O. The van der Waals surface area contributed by atoms with Crippen molar-refractivity contribution in [3.05, 3.63) is 0 Å². The summed E-state index contributed by atoms with van der Waals surface area (Å²) in [6.45, 7) is 1.96. The van der Waals surface area contributed by atoms with Crippen molar-refractivity contribution in [3.63, 3.8) is 0 Å². The molecule has 1 rings (SSSR count). The van der Waals surface area contributed by atoms with Crippen LogP contribution in [0.3, 0.4) is 0 Å². The van der Waals surface area contributed by atoms with Gasteiger partial charge in [0.25, 0.3) is 0 Å². The molecule has 0 amide bonds. The van der Waals surface area contributed by atoms with Crippen LogP contribution in [0, 0.1) is 0 Å². The number of hydrogen-bond acceptors (Lipinski definition) is 3. The summed E-state index contributed by atoms with van der Waals surface area (Å²) in [5, 5.41) is 0. The Labute approximate surface area is 59.4 Å². The summed E-state index contributed by atoms with van der Waals surface area (Å²) in [5.74, 6) is -0.435. The summed E-state index contributed by atoms with van der Waals surface area (Å²) >= 11 is 0. The van der Waals surface area contributed by atoms with Gasteiger partial charge in [0.05, 0.1) is 0 Å². The minimum Gasteiger partial charge on any atom is -0.454 e. The molecule has 1 heterocycles. The second kappa shape index (κ2) is 2.82. The lowest BCUT2D eigenvalue weighted by Crippen LogP contribution is -2.14. The molecule has 1 aliphatic heterocycles. The highest BCUT2D eigenvalue weighted by atomic mass is 16.6. The Kier molecular flexibility index (Phi) is 2.04. The number of esters is 1. The predicted octanol–water partition coefficient (Wildman–Crippen LogP) is 0.671. The molecule has 0 saturated carbocycles. The first kappa shape index (κ1) is 7.25. The average molecular weight is 142 g/mol. The van der Waals surface area contributed by atoms with Gasteiger partial charge in [0.1, 0.15) is 6.42 Å². The van der Waals surface area contributed by atoms with Crippen LogP contribution < -0.4 is 0 Å². The number of hydrogen-bond donors (Lipinski definition) is 0. The molecule has 56 valence electrons. The van der Waals surface area contributed by atoms with Gasteiger partial charge in [-0.3, -0.25) is 9.59 Å². The van der Waals surface area contributed by atoms with E-state index in [1.807, 2.05) is 6.92 Å². The van der Waals surface area contributed by atoms with Gasteiger partial charge in [-0.25, -0.2) is 0 Å². The summed E-state index contributed by atoms with van der Waals surface area (Å²) in [6, 6.07) is 0. The lowest BCUT2D eigenvalue weighted by atomic mass is 10.1. The average Bonchev–Trinajstić information content (AvgIpc) is 2.13. The molecule has 3 nitrogen and oxygen atoms in total. The fourth-order valence-corrected chi connectivity index (χ4v) is 1.00. The first-order chi connectivity index (χ1) is 4.74. The number of ketones is 1. The topological polar surface area (TPSA) is 43.4 Å². The van der Waals surface area contributed by atoms with E-state index >= 15 is 0 Å². The summed E-state index contributed by atoms with van der Waals surface area (Å²) in [7, 11) is 0. The maximum Gasteiger partial charge on any atom is 0.314 e. The highest BCUT2D eigenvalue weighted by molar-refractivity contribution is 6.03. The third-order valence-corrected chi connectivity index (χ3v) is 1.50. The van der Waals surface area contributed by atoms with E-state index in [4.69, 9.17) is 4.74 Å². The monoisotopic (exact) mass is 142 g/mol. The maximum atomic E-state index is 10.8. The third-order valence-electron chi connectivity index (χ3n) is 1.50. The molecular weight excluding hydrogens is 132 g/mol. The smallest absolute Gasteiger partial charge is 0.314 e. The van der Waals surface area contributed by atoms with E-state index < -0.39 is 6.10 Å². The van der Waals surface area contributed by atoms with Crippen molar-refractivity contribution >= 4 is 11.8 Å². The Hall–Kier alpha value is -0.860. The Bertz CT molecular complexity index is 162. The molecular formula is C7H10O3. The van der Waals surface area contributed by atoms with Crippen LogP contribution in [0.25, 0.3) is 0 Å². The minimum absolute atomic E-state index is 0.0231. The van der Waals surface area contributed by atoms with Crippen molar-refractivity contribution in [1.29, 1.82) is 0 Å². The quantitative estimate of drug-likeness (QED) is 0.420. The first-order valence-electron chi connectivity index (χ1n) is 3.46. The second-order valence-corrected chi connectivity index (χ2v) is 2.41. The molecule has 1 fully saturated rings. The van der Waals surface area contributed by atoms with Crippen molar-refractivity contribution in [1.82, 2.24) is 0 Å². The van der Waals surface area contributed by atoms with Gasteiger partial charge in [-0.1, -0.05) is 13.3 Å². The number of rotatable bonds is 2. The normalized spacial score (nSPS) is 25.1. The number of ether oxygens (including phenoxy) is 1. The lowest BCUT2D eigenvalue weighted by Gasteiger charge is -2.03. The lowest BCUT2D eigenvalue weighted by molar-refractivity contribution is -0.142. The summed E-state index contributed by atoms with van der Waals surface area (Å²) in [4.78, 5) is 21.3. The largest absolute Gasteiger partial charge is 0.454 e. The van der Waals surface area contributed by atoms with E-state index in [9.17, 15) is 9.59 Å². The Balaban J connectivity index is 2.46. The van der Waals surface area contributed by atoms with E-state index in [0.717, 1.165) is 6.42 Å². The summed E-state index contributed by atoms with van der Waals surface area (Å²) in [5.41, 5.74) is 0. The van der Waals surface area contributed by atoms with Crippen LogP contribution in [0.15, 0.2) is 0 Å². The zero-order valence-corrected chi connectivity index (χ0v) is 5.92. The molecule has 0 aliphatic carbocycles. The molecule has 0 bridgehead atoms. The van der Waals surface area contributed by atoms with Gasteiger partial charge < -0.3 is 4.74 Å². The molecule has 0 aromatic carbocycles. The minimum atomic E-state index is -0.433. The zero-order chi connectivity index (χ0) is 7.56. The number of carbonyl (C=O) groups excluding carboxylic acids is 2. The molecule has 0 aromatic rings. The fraction of sp³-hybridized carbons (Fsp3) is 0.714. The highest BCUT2D eigenvalue weighted by Crippen LogP contribution is 2.14. The predicted molar refractivity (Wildman–Crippen MR) is 34.4 cm³/mol. The fourth-order valence-electron chi connectivity index (χ4n) is 1.00. The Morgan fingerprint density at radius 1 is 1.60 bits per heavy atom. The molecule has 0 aromatic heterocycles. The van der Waals surface area contributed by atoms with Gasteiger partial charge >= 0.3 is 5.97 Å². The van der Waals surface area contributed by atoms with Gasteiger partial charge in [0.15, 0.2) is 11.9 Å². The molecule has 10 heavy (non-hydrogen) atoms. The maximum absolute atomic E-state index is 10.8. The van der Waals surface area contributed by atoms with Gasteiger partial charge in [0.2, 0.25) is 0 Å². The van der Waals surface area contributed by atoms with Crippen molar-refractivity contribution < 1.29 is 14.3 Å². The molecule has 1 unspecified atom stereocenters. The first-order valence-corrected chi connectivity index (χ1v) is 3.46. The van der Waals surface area contributed by atoms with Crippen molar-refractivity contribution in [2.75, 3.05) is 0 Å². The van der Waals surface area contributed by atoms with Crippen LogP contribution in [-0.2, 0) is 14.3 Å². The Morgan fingerprint density at radius 3 is 2.70 bits per heavy atom. The summed E-state index contributed by atoms with van der Waals surface area (Å²) < 4.78 is 4.73. The molecule has 1 aliphatic rings. The van der Waals surface area contributed by atoms with Gasteiger partial charge in [-0.2, -0.15) is 0 Å². The van der Waals surface area contributed by atoms with E-state index in [1.165, 1.54) is 0 Å². The number of carbonyl (C=O) groups is 2. The van der Waals surface area contributed by atoms with Crippen LogP contribution in [-0.4, -0.2) is 17.9 Å². The molecule has 0 radical (unpaired) electrons. The second-order valence-electron chi connectivity index (χ2n) is 2.41. The van der Waals surface area contributed by atoms with Gasteiger partial charge in [-0.05, 0) is 6.42 Å². The zero-order valence-electron chi connectivity index (χ0n) is 5.92. The van der Waals surface area contributed by atoms with Crippen LogP contribution in [0.2, 0.25) is 0 Å². The van der Waals surface area contributed by atoms with Crippen LogP contribution in [0.4, 0.5) is 0 Å². The molecule has 0 N–H and O–H groups in total. The van der Waals surface area contributed by atoms with E-state index in [1.54, 1.807) is 0 Å². The van der Waals surface area contributed by atoms with E-state index in [-0.39, 0.29) is 18.2 Å². The molecule has 1 atom stereocenters. The molecule has 0 spiro atoms. The third kappa shape index (κ3) is 1.35. The standard InChI is InChI=1S/C7H10O3/c1-2-3-6-5(8)4-7(9)10-6/h6H,2-4H2,1H3. The van der Waals surface area contributed by atoms with Crippen molar-refractivity contribution in [3.8, 4) is 0 Å². The van der Waals surface area contributed by atoms with Crippen molar-refractivity contribution in [2.24, 2.45) is 0 Å². The number of cyclic esters (lactones) is 1.